The van der Waals surface area contributed by atoms with Crippen molar-refractivity contribution in [1.29, 1.82) is 0 Å². The summed E-state index contributed by atoms with van der Waals surface area (Å²) in [4.78, 5) is 53.1. The van der Waals surface area contributed by atoms with Crippen LogP contribution in [0.2, 0.25) is 0 Å². The van der Waals surface area contributed by atoms with Crippen LogP contribution in [0.5, 0.6) is 11.5 Å². The molecule has 1 aromatic heterocycles. The van der Waals surface area contributed by atoms with Crippen LogP contribution in [-0.4, -0.2) is 95.3 Å². The quantitative estimate of drug-likeness (QED) is 0.386. The standard InChI is InChI=1S/C26H28N6O6/c1-37-23-20(38-11-3-5-21(35)32-14-18(34)12-17(32)15-33)7-6-19-22(23)29-26(31-10-9-28-24(19)31)30-25(36)16-4-2-8-27-13-16/h2,4,6-8,13,15,17-18,34H,3,5,9-12,14H2,1H3,(H,29,30,36)/t17-,18-/m0/s1. The Morgan fingerprint density at radius 1 is 1.29 bits per heavy atom. The number of aromatic nitrogens is 1. The molecule has 5 rings (SSSR count). The molecule has 2 aromatic rings. The lowest BCUT2D eigenvalue weighted by Gasteiger charge is -2.28. The van der Waals surface area contributed by atoms with Crippen molar-refractivity contribution in [1.82, 2.24) is 20.1 Å². The number of aldehydes is 1. The number of β-amino-alcohol motifs (C(OH)–C–C–N with tert-alkyl or cyclic N) is 1. The number of methoxy groups -OCH3 is 1. The van der Waals surface area contributed by atoms with Crippen LogP contribution in [0.1, 0.15) is 35.2 Å². The second-order valence-electron chi connectivity index (χ2n) is 9.07. The molecule has 0 bridgehead atoms. The molecule has 0 aliphatic carbocycles. The van der Waals surface area contributed by atoms with E-state index in [-0.39, 0.29) is 37.8 Å². The number of fused-ring (bicyclic) bond motifs is 3. The van der Waals surface area contributed by atoms with Gasteiger partial charge in [0.25, 0.3) is 5.91 Å². The monoisotopic (exact) mass is 520 g/mol. The molecule has 0 spiro atoms. The molecule has 3 aliphatic rings. The topological polar surface area (TPSA) is 146 Å². The van der Waals surface area contributed by atoms with Crippen LogP contribution in [0, 0.1) is 0 Å². The fraction of sp³-hybridized carbons (Fsp3) is 0.385. The van der Waals surface area contributed by atoms with Gasteiger partial charge in [0.2, 0.25) is 11.9 Å². The number of ether oxygens (including phenoxy) is 2. The van der Waals surface area contributed by atoms with Gasteiger partial charge in [-0.3, -0.25) is 29.8 Å². The van der Waals surface area contributed by atoms with Gasteiger partial charge in [0.15, 0.2) is 11.5 Å². The largest absolute Gasteiger partial charge is 0.491 e. The number of nitrogens with zero attached hydrogens (tertiary/aromatic N) is 5. The lowest BCUT2D eigenvalue weighted by molar-refractivity contribution is -0.134. The smallest absolute Gasteiger partial charge is 0.259 e. The number of amidine groups is 1. The van der Waals surface area contributed by atoms with Crippen molar-refractivity contribution >= 4 is 35.6 Å². The zero-order valence-corrected chi connectivity index (χ0v) is 20.9. The van der Waals surface area contributed by atoms with Crippen molar-refractivity contribution in [2.45, 2.75) is 31.4 Å². The molecule has 1 saturated heterocycles. The molecule has 2 amide bonds. The third-order valence-electron chi connectivity index (χ3n) is 6.59. The number of aliphatic hydroxyl groups is 1. The van der Waals surface area contributed by atoms with E-state index in [1.54, 1.807) is 24.4 Å². The fourth-order valence-corrected chi connectivity index (χ4v) is 4.78. The first kappa shape index (κ1) is 25.3. The predicted octanol–water partition coefficient (Wildman–Crippen LogP) is 0.903. The van der Waals surface area contributed by atoms with Crippen molar-refractivity contribution in [3.63, 3.8) is 0 Å². The predicted molar refractivity (Wildman–Crippen MR) is 137 cm³/mol. The van der Waals surface area contributed by atoms with Gasteiger partial charge in [0.1, 0.15) is 17.8 Å². The highest BCUT2D eigenvalue weighted by Gasteiger charge is 2.34. The SMILES string of the molecule is COc1c(OCCCC(=O)N2C[C@@H](O)C[C@H]2C=O)ccc2c1N=C(NC(=O)c1cccnc1)N1CCN=C21. The van der Waals surface area contributed by atoms with E-state index in [4.69, 9.17) is 14.5 Å². The number of hydrogen-bond donors (Lipinski definition) is 2. The van der Waals surface area contributed by atoms with Crippen LogP contribution < -0.4 is 14.8 Å². The van der Waals surface area contributed by atoms with E-state index in [1.165, 1.54) is 18.2 Å². The van der Waals surface area contributed by atoms with Crippen molar-refractivity contribution in [2.24, 2.45) is 9.98 Å². The van der Waals surface area contributed by atoms with Crippen LogP contribution in [0.3, 0.4) is 0 Å². The summed E-state index contributed by atoms with van der Waals surface area (Å²) in [5, 5.41) is 12.6. The summed E-state index contributed by atoms with van der Waals surface area (Å²) in [6.45, 7) is 1.53. The minimum Gasteiger partial charge on any atom is -0.491 e. The van der Waals surface area contributed by atoms with Crippen molar-refractivity contribution in [3.8, 4) is 11.5 Å². The highest BCUT2D eigenvalue weighted by Crippen LogP contribution is 2.43. The summed E-state index contributed by atoms with van der Waals surface area (Å²) < 4.78 is 11.6. The average molecular weight is 521 g/mol. The van der Waals surface area contributed by atoms with Gasteiger partial charge in [-0.2, -0.15) is 0 Å². The van der Waals surface area contributed by atoms with Gasteiger partial charge in [-0.25, -0.2) is 4.99 Å². The minimum absolute atomic E-state index is 0.167. The molecule has 1 aromatic carbocycles. The van der Waals surface area contributed by atoms with Crippen molar-refractivity contribution in [3.05, 3.63) is 47.8 Å². The number of hydrogen-bond acceptors (Lipinski definition) is 10. The second kappa shape index (κ2) is 11.0. The Hall–Kier alpha value is -4.32. The van der Waals surface area contributed by atoms with Gasteiger partial charge in [0, 0.05) is 43.9 Å². The lowest BCUT2D eigenvalue weighted by Crippen LogP contribution is -2.47. The Morgan fingerprint density at radius 3 is 2.92 bits per heavy atom. The molecule has 3 aliphatic heterocycles. The van der Waals surface area contributed by atoms with E-state index in [0.717, 1.165) is 5.56 Å². The second-order valence-corrected chi connectivity index (χ2v) is 9.07. The number of amides is 2. The molecule has 2 N–H and O–H groups in total. The third kappa shape index (κ3) is 4.94. The number of nitrogens with one attached hydrogen (secondary N) is 1. The van der Waals surface area contributed by atoms with Gasteiger partial charge >= 0.3 is 0 Å². The highest BCUT2D eigenvalue weighted by atomic mass is 16.5. The number of rotatable bonds is 8. The summed E-state index contributed by atoms with van der Waals surface area (Å²) in [6, 6.07) is 6.39. The van der Waals surface area contributed by atoms with Crippen LogP contribution >= 0.6 is 0 Å². The number of guanidine groups is 1. The van der Waals surface area contributed by atoms with Gasteiger partial charge < -0.3 is 24.3 Å². The normalized spacial score (nSPS) is 19.7. The molecule has 0 radical (unpaired) electrons. The maximum Gasteiger partial charge on any atom is 0.259 e. The van der Waals surface area contributed by atoms with E-state index in [1.807, 2.05) is 11.0 Å². The van der Waals surface area contributed by atoms with Crippen molar-refractivity contribution in [2.75, 3.05) is 33.4 Å². The molecule has 1 fully saturated rings. The first-order chi connectivity index (χ1) is 18.5. The zero-order chi connectivity index (χ0) is 26.6. The summed E-state index contributed by atoms with van der Waals surface area (Å²) in [5.41, 5.74) is 1.65. The van der Waals surface area contributed by atoms with Gasteiger partial charge in [-0.1, -0.05) is 0 Å². The zero-order valence-electron chi connectivity index (χ0n) is 20.9. The Morgan fingerprint density at radius 2 is 2.16 bits per heavy atom. The maximum atomic E-state index is 12.8. The molecular weight excluding hydrogens is 492 g/mol. The van der Waals surface area contributed by atoms with E-state index in [9.17, 15) is 19.5 Å². The number of likely N-dealkylation sites (tertiary alicyclic amines) is 1. The van der Waals surface area contributed by atoms with E-state index in [2.05, 4.69) is 15.3 Å². The molecule has 12 heteroatoms. The first-order valence-corrected chi connectivity index (χ1v) is 12.4. The number of aliphatic hydroxyl groups excluding tert-OH is 1. The number of pyridine rings is 1. The van der Waals surface area contributed by atoms with Gasteiger partial charge in [-0.15, -0.1) is 0 Å². The fourth-order valence-electron chi connectivity index (χ4n) is 4.78. The Bertz CT molecular complexity index is 1300. The molecular formula is C26H28N6O6. The molecule has 198 valence electrons. The molecule has 0 saturated carbocycles. The van der Waals surface area contributed by atoms with Gasteiger partial charge in [0.05, 0.1) is 38.0 Å². The summed E-state index contributed by atoms with van der Waals surface area (Å²) in [5.74, 6) is 1.31. The molecule has 38 heavy (non-hydrogen) atoms. The number of carbonyl (C=O) groups excluding carboxylic acids is 3. The van der Waals surface area contributed by atoms with Crippen LogP contribution in [0.4, 0.5) is 5.69 Å². The molecule has 12 nitrogen and oxygen atoms in total. The Balaban J connectivity index is 1.30. The highest BCUT2D eigenvalue weighted by molar-refractivity contribution is 6.20. The van der Waals surface area contributed by atoms with Crippen molar-refractivity contribution < 1.29 is 29.0 Å². The minimum atomic E-state index is -0.676. The number of carbonyl (C=O) groups is 3. The van der Waals surface area contributed by atoms with E-state index in [0.29, 0.717) is 60.3 Å². The Kier molecular flexibility index (Phi) is 7.31. The van der Waals surface area contributed by atoms with Crippen LogP contribution in [-0.2, 0) is 9.59 Å². The summed E-state index contributed by atoms with van der Waals surface area (Å²) >= 11 is 0. The summed E-state index contributed by atoms with van der Waals surface area (Å²) in [6.07, 6.45) is 3.96. The summed E-state index contributed by atoms with van der Waals surface area (Å²) in [7, 11) is 1.51. The lowest BCUT2D eigenvalue weighted by atomic mass is 10.1. The average Bonchev–Trinajstić information content (AvgIpc) is 3.58. The molecule has 2 atom stereocenters. The Labute approximate surface area is 219 Å². The van der Waals surface area contributed by atoms with E-state index >= 15 is 0 Å². The van der Waals surface area contributed by atoms with Crippen LogP contribution in [0.25, 0.3) is 0 Å². The number of benzene rings is 1. The molecule has 0 unspecified atom stereocenters. The number of aliphatic imine (C=N–C) groups is 2. The van der Waals surface area contributed by atoms with E-state index < -0.39 is 12.1 Å². The maximum absolute atomic E-state index is 12.8. The van der Waals surface area contributed by atoms with Gasteiger partial charge in [-0.05, 0) is 30.7 Å². The molecule has 4 heterocycles. The first-order valence-electron chi connectivity index (χ1n) is 12.4. The third-order valence-corrected chi connectivity index (χ3v) is 6.59. The van der Waals surface area contributed by atoms with Crippen LogP contribution in [0.15, 0.2) is 46.6 Å².